The highest BCUT2D eigenvalue weighted by Gasteiger charge is 2.06. The van der Waals surface area contributed by atoms with Gasteiger partial charge in [0.1, 0.15) is 12.4 Å². The van der Waals surface area contributed by atoms with Gasteiger partial charge in [-0.3, -0.25) is 0 Å². The van der Waals surface area contributed by atoms with Gasteiger partial charge in [0.25, 0.3) is 0 Å². The summed E-state index contributed by atoms with van der Waals surface area (Å²) in [5, 5.41) is 0. The SMILES string of the molecule is C/C=C/COc1cc(NN)nc(-c2ccccc2)n1. The number of nitrogens with one attached hydrogen (secondary N) is 1. The van der Waals surface area contributed by atoms with Gasteiger partial charge < -0.3 is 10.2 Å². The molecule has 0 unspecified atom stereocenters. The Kier molecular flexibility index (Phi) is 4.47. The van der Waals surface area contributed by atoms with Crippen molar-refractivity contribution >= 4 is 5.82 Å². The van der Waals surface area contributed by atoms with Gasteiger partial charge in [-0.15, -0.1) is 0 Å². The number of aromatic nitrogens is 2. The molecule has 0 saturated carbocycles. The van der Waals surface area contributed by atoms with Crippen LogP contribution in [0.4, 0.5) is 5.82 Å². The molecule has 0 atom stereocenters. The molecule has 19 heavy (non-hydrogen) atoms. The number of nitrogen functional groups attached to an aromatic ring is 1. The Morgan fingerprint density at radius 3 is 2.74 bits per heavy atom. The smallest absolute Gasteiger partial charge is 0.219 e. The molecule has 3 N–H and O–H groups in total. The number of hydrogen-bond donors (Lipinski definition) is 2. The molecule has 2 rings (SSSR count). The van der Waals surface area contributed by atoms with E-state index in [2.05, 4.69) is 15.4 Å². The van der Waals surface area contributed by atoms with Crippen LogP contribution in [0.25, 0.3) is 11.4 Å². The number of anilines is 1. The third-order valence-electron chi connectivity index (χ3n) is 2.45. The molecule has 0 saturated heterocycles. The average molecular weight is 256 g/mol. The van der Waals surface area contributed by atoms with Gasteiger partial charge in [0, 0.05) is 11.6 Å². The molecular formula is C14H16N4O. The van der Waals surface area contributed by atoms with Gasteiger partial charge in [-0.25, -0.2) is 10.8 Å². The predicted molar refractivity (Wildman–Crippen MR) is 75.6 cm³/mol. The van der Waals surface area contributed by atoms with Crippen molar-refractivity contribution in [1.29, 1.82) is 0 Å². The lowest BCUT2D eigenvalue weighted by atomic mass is 10.2. The lowest BCUT2D eigenvalue weighted by Gasteiger charge is -2.08. The van der Waals surface area contributed by atoms with Crippen molar-refractivity contribution in [3.63, 3.8) is 0 Å². The van der Waals surface area contributed by atoms with E-state index in [0.29, 0.717) is 24.1 Å². The number of hydrazine groups is 1. The van der Waals surface area contributed by atoms with E-state index in [1.807, 2.05) is 49.4 Å². The molecule has 0 aliphatic heterocycles. The zero-order valence-electron chi connectivity index (χ0n) is 10.7. The van der Waals surface area contributed by atoms with Gasteiger partial charge in [0.2, 0.25) is 5.88 Å². The maximum Gasteiger partial charge on any atom is 0.219 e. The normalized spacial score (nSPS) is 10.6. The van der Waals surface area contributed by atoms with Gasteiger partial charge in [-0.1, -0.05) is 42.5 Å². The Bertz CT molecular complexity index is 555. The van der Waals surface area contributed by atoms with Crippen LogP contribution in [0.1, 0.15) is 6.92 Å². The summed E-state index contributed by atoms with van der Waals surface area (Å²) in [6.45, 7) is 2.40. The summed E-state index contributed by atoms with van der Waals surface area (Å²) in [5.41, 5.74) is 3.43. The van der Waals surface area contributed by atoms with Crippen molar-refractivity contribution in [2.24, 2.45) is 5.84 Å². The van der Waals surface area contributed by atoms with E-state index >= 15 is 0 Å². The number of allylic oxidation sites excluding steroid dienone is 1. The van der Waals surface area contributed by atoms with E-state index in [0.717, 1.165) is 5.56 Å². The van der Waals surface area contributed by atoms with Crippen molar-refractivity contribution in [2.45, 2.75) is 6.92 Å². The number of benzene rings is 1. The Morgan fingerprint density at radius 2 is 2.05 bits per heavy atom. The van der Waals surface area contributed by atoms with E-state index in [1.165, 1.54) is 0 Å². The third kappa shape index (κ3) is 3.53. The summed E-state index contributed by atoms with van der Waals surface area (Å²) in [5.74, 6) is 6.99. The number of nitrogens with two attached hydrogens (primary N) is 1. The average Bonchev–Trinajstić information content (AvgIpc) is 2.48. The molecule has 5 nitrogen and oxygen atoms in total. The van der Waals surface area contributed by atoms with Crippen LogP contribution in [0.3, 0.4) is 0 Å². The molecule has 98 valence electrons. The standard InChI is InChI=1S/C14H16N4O/c1-2-3-9-19-13-10-12(18-15)16-14(17-13)11-7-5-4-6-8-11/h2-8,10H,9,15H2,1H3,(H,16,17,18)/b3-2+. The Morgan fingerprint density at radius 1 is 1.26 bits per heavy atom. The van der Waals surface area contributed by atoms with Gasteiger partial charge >= 0.3 is 0 Å². The van der Waals surface area contributed by atoms with E-state index in [1.54, 1.807) is 6.07 Å². The Hall–Kier alpha value is -2.40. The molecule has 0 radical (unpaired) electrons. The maximum absolute atomic E-state index is 5.52. The summed E-state index contributed by atoms with van der Waals surface area (Å²) in [6.07, 6.45) is 3.82. The number of rotatable bonds is 5. The fourth-order valence-electron chi connectivity index (χ4n) is 1.52. The molecule has 0 fully saturated rings. The van der Waals surface area contributed by atoms with Gasteiger partial charge in [-0.05, 0) is 6.92 Å². The van der Waals surface area contributed by atoms with Crippen molar-refractivity contribution in [2.75, 3.05) is 12.0 Å². The van der Waals surface area contributed by atoms with Crippen molar-refractivity contribution in [3.8, 4) is 17.3 Å². The molecule has 0 aliphatic carbocycles. The molecule has 1 aromatic carbocycles. The molecule has 0 bridgehead atoms. The third-order valence-corrected chi connectivity index (χ3v) is 2.45. The van der Waals surface area contributed by atoms with E-state index < -0.39 is 0 Å². The first-order valence-electron chi connectivity index (χ1n) is 5.98. The monoisotopic (exact) mass is 256 g/mol. The van der Waals surface area contributed by atoms with Crippen molar-refractivity contribution in [1.82, 2.24) is 9.97 Å². The second-order valence-electron chi connectivity index (χ2n) is 3.81. The minimum Gasteiger partial charge on any atom is -0.473 e. The topological polar surface area (TPSA) is 73.1 Å². The van der Waals surface area contributed by atoms with Crippen LogP contribution in [0.5, 0.6) is 5.88 Å². The van der Waals surface area contributed by atoms with Crippen LogP contribution in [0.15, 0.2) is 48.6 Å². The molecule has 2 aromatic rings. The van der Waals surface area contributed by atoms with Gasteiger partial charge in [-0.2, -0.15) is 4.98 Å². The van der Waals surface area contributed by atoms with Crippen LogP contribution in [0.2, 0.25) is 0 Å². The Balaban J connectivity index is 2.30. The van der Waals surface area contributed by atoms with Crippen LogP contribution >= 0.6 is 0 Å². The van der Waals surface area contributed by atoms with Crippen LogP contribution < -0.4 is 16.0 Å². The zero-order valence-corrected chi connectivity index (χ0v) is 10.7. The second kappa shape index (κ2) is 6.51. The quantitative estimate of drug-likeness (QED) is 0.488. The molecule has 0 spiro atoms. The largest absolute Gasteiger partial charge is 0.473 e. The fourth-order valence-corrected chi connectivity index (χ4v) is 1.52. The first-order valence-corrected chi connectivity index (χ1v) is 5.98. The first kappa shape index (κ1) is 13.0. The molecule has 5 heteroatoms. The predicted octanol–water partition coefficient (Wildman–Crippen LogP) is 2.38. The summed E-state index contributed by atoms with van der Waals surface area (Å²) in [7, 11) is 0. The molecule has 1 aromatic heterocycles. The zero-order chi connectivity index (χ0) is 13.5. The lowest BCUT2D eigenvalue weighted by molar-refractivity contribution is 0.348. The summed E-state index contributed by atoms with van der Waals surface area (Å²) in [6, 6.07) is 11.3. The molecule has 1 heterocycles. The van der Waals surface area contributed by atoms with Crippen LogP contribution in [0, 0.1) is 0 Å². The second-order valence-corrected chi connectivity index (χ2v) is 3.81. The fraction of sp³-hybridized carbons (Fsp3) is 0.143. The summed E-state index contributed by atoms with van der Waals surface area (Å²) in [4.78, 5) is 8.67. The highest BCUT2D eigenvalue weighted by atomic mass is 16.5. The van der Waals surface area contributed by atoms with Gasteiger partial charge in [0.15, 0.2) is 5.82 Å². The number of hydrogen-bond acceptors (Lipinski definition) is 5. The van der Waals surface area contributed by atoms with E-state index in [-0.39, 0.29) is 0 Å². The minimum absolute atomic E-state index is 0.464. The summed E-state index contributed by atoms with van der Waals surface area (Å²) >= 11 is 0. The van der Waals surface area contributed by atoms with Crippen LogP contribution in [-0.4, -0.2) is 16.6 Å². The highest BCUT2D eigenvalue weighted by Crippen LogP contribution is 2.20. The number of nitrogens with zero attached hydrogens (tertiary/aromatic N) is 2. The van der Waals surface area contributed by atoms with Crippen molar-refractivity contribution < 1.29 is 4.74 Å². The highest BCUT2D eigenvalue weighted by molar-refractivity contribution is 5.57. The van der Waals surface area contributed by atoms with Gasteiger partial charge in [0.05, 0.1) is 0 Å². The molecular weight excluding hydrogens is 240 g/mol. The Labute approximate surface area is 112 Å². The van der Waals surface area contributed by atoms with Crippen molar-refractivity contribution in [3.05, 3.63) is 48.6 Å². The first-order chi connectivity index (χ1) is 9.33. The van der Waals surface area contributed by atoms with E-state index in [9.17, 15) is 0 Å². The lowest BCUT2D eigenvalue weighted by Crippen LogP contribution is -2.10. The molecule has 0 aliphatic rings. The van der Waals surface area contributed by atoms with E-state index in [4.69, 9.17) is 10.6 Å². The number of ether oxygens (including phenoxy) is 1. The summed E-state index contributed by atoms with van der Waals surface area (Å²) < 4.78 is 5.52. The maximum atomic E-state index is 5.52. The van der Waals surface area contributed by atoms with Crippen LogP contribution in [-0.2, 0) is 0 Å². The molecule has 0 amide bonds. The minimum atomic E-state index is 0.464.